The van der Waals surface area contributed by atoms with E-state index in [4.69, 9.17) is 16.0 Å². The van der Waals surface area contributed by atoms with Crippen molar-refractivity contribution >= 4 is 32.6 Å². The molecule has 2 rings (SSSR count). The number of rotatable bonds is 6. The third-order valence-corrected chi connectivity index (χ3v) is 4.42. The third-order valence-electron chi connectivity index (χ3n) is 3.28. The summed E-state index contributed by atoms with van der Waals surface area (Å²) >= 11 is 5.71. The van der Waals surface area contributed by atoms with Crippen LogP contribution in [0.15, 0.2) is 48.5 Å². The molecule has 0 N–H and O–H groups in total. The minimum atomic E-state index is 0.303. The van der Waals surface area contributed by atoms with Crippen LogP contribution in [-0.4, -0.2) is 22.3 Å². The first-order valence-corrected chi connectivity index (χ1v) is 8.43. The van der Waals surface area contributed by atoms with Gasteiger partial charge in [-0.15, -0.1) is 11.6 Å². The molecule has 1 nitrogen and oxygen atoms in total. The van der Waals surface area contributed by atoms with Crippen molar-refractivity contribution in [3.05, 3.63) is 70.8 Å². The van der Waals surface area contributed by atoms with Crippen molar-refractivity contribution in [2.45, 2.75) is 13.8 Å². The van der Waals surface area contributed by atoms with Gasteiger partial charge in [0, 0.05) is 12.5 Å². The van der Waals surface area contributed by atoms with Gasteiger partial charge in [-0.25, -0.2) is 0 Å². The highest BCUT2D eigenvalue weighted by molar-refractivity contribution is 6.57. The lowest BCUT2D eigenvalue weighted by Gasteiger charge is -2.11. The van der Waals surface area contributed by atoms with E-state index < -0.39 is 0 Å². The van der Waals surface area contributed by atoms with E-state index in [0.717, 1.165) is 0 Å². The molecule has 0 fully saturated rings. The Hall–Kier alpha value is -1.35. The molecule has 0 atom stereocenters. The maximum Gasteiger partial charge on any atom is 0.269 e. The lowest BCUT2D eigenvalue weighted by molar-refractivity contribution is 0.370. The molecular formula is C18H19ClOSi. The average molecular weight is 315 g/mol. The second-order valence-corrected chi connectivity index (χ2v) is 6.28. The summed E-state index contributed by atoms with van der Waals surface area (Å²) in [4.78, 5) is 0. The van der Waals surface area contributed by atoms with Crippen molar-refractivity contribution in [2.24, 2.45) is 0 Å². The molecule has 0 aliphatic carbocycles. The fraction of sp³-hybridized carbons (Fsp3) is 0.222. The Morgan fingerprint density at radius 3 is 2.38 bits per heavy atom. The molecule has 108 valence electrons. The van der Waals surface area contributed by atoms with Crippen LogP contribution in [0.2, 0.25) is 0 Å². The van der Waals surface area contributed by atoms with Crippen LogP contribution in [0.5, 0.6) is 0 Å². The number of hydrogen-bond donors (Lipinski definition) is 0. The molecule has 2 radical (unpaired) electrons. The van der Waals surface area contributed by atoms with Crippen molar-refractivity contribution in [2.75, 3.05) is 12.5 Å². The smallest absolute Gasteiger partial charge is 0.269 e. The van der Waals surface area contributed by atoms with E-state index in [-0.39, 0.29) is 0 Å². The molecule has 0 aliphatic heterocycles. The van der Waals surface area contributed by atoms with E-state index >= 15 is 0 Å². The van der Waals surface area contributed by atoms with Gasteiger partial charge >= 0.3 is 0 Å². The number of benzene rings is 2. The Morgan fingerprint density at radius 2 is 1.71 bits per heavy atom. The molecule has 2 aromatic rings. The normalized spacial score (nSPS) is 11.7. The van der Waals surface area contributed by atoms with E-state index in [9.17, 15) is 0 Å². The first kappa shape index (κ1) is 16.0. The Bertz CT molecular complexity index is 622. The van der Waals surface area contributed by atoms with Crippen LogP contribution < -0.4 is 0 Å². The van der Waals surface area contributed by atoms with E-state index in [1.54, 1.807) is 0 Å². The topological polar surface area (TPSA) is 9.23 Å². The highest BCUT2D eigenvalue weighted by Gasteiger charge is 2.08. The highest BCUT2D eigenvalue weighted by Crippen LogP contribution is 2.22. The van der Waals surface area contributed by atoms with Gasteiger partial charge in [-0.2, -0.15) is 0 Å². The Morgan fingerprint density at radius 1 is 1.05 bits per heavy atom. The Kier molecular flexibility index (Phi) is 6.24. The maximum absolute atomic E-state index is 5.71. The van der Waals surface area contributed by atoms with Gasteiger partial charge in [0.2, 0.25) is 0 Å². The molecule has 0 amide bonds. The summed E-state index contributed by atoms with van der Waals surface area (Å²) in [6.45, 7) is 4.84. The second-order valence-electron chi connectivity index (χ2n) is 4.87. The number of halogens is 1. The van der Waals surface area contributed by atoms with Crippen molar-refractivity contribution in [3.8, 4) is 0 Å². The quantitative estimate of drug-likeness (QED) is 0.326. The molecule has 3 heteroatoms. The summed E-state index contributed by atoms with van der Waals surface area (Å²) in [7, 11) is 0.303. The lowest BCUT2D eigenvalue weighted by atomic mass is 10.0. The van der Waals surface area contributed by atoms with Crippen LogP contribution >= 0.6 is 11.6 Å². The summed E-state index contributed by atoms with van der Waals surface area (Å²) in [6.07, 6.45) is 2.23. The monoisotopic (exact) mass is 314 g/mol. The van der Waals surface area contributed by atoms with Gasteiger partial charge in [0.25, 0.3) is 9.76 Å². The minimum Gasteiger partial charge on any atom is -0.410 e. The fourth-order valence-electron chi connectivity index (χ4n) is 2.11. The molecule has 0 bridgehead atoms. The second kappa shape index (κ2) is 8.18. The van der Waals surface area contributed by atoms with Crippen LogP contribution in [-0.2, 0) is 4.43 Å². The van der Waals surface area contributed by atoms with Crippen LogP contribution in [0.1, 0.15) is 22.3 Å². The Balaban J connectivity index is 2.37. The van der Waals surface area contributed by atoms with E-state index in [0.29, 0.717) is 22.3 Å². The summed E-state index contributed by atoms with van der Waals surface area (Å²) in [5.74, 6) is 0.526. The molecule has 0 spiro atoms. The van der Waals surface area contributed by atoms with Crippen molar-refractivity contribution in [3.63, 3.8) is 0 Å². The minimum absolute atomic E-state index is 0.303. The summed E-state index contributed by atoms with van der Waals surface area (Å²) in [5.41, 5.74) is 5.01. The predicted octanol–water partition coefficient (Wildman–Crippen LogP) is 4.68. The summed E-state index contributed by atoms with van der Waals surface area (Å²) in [5, 5.41) is 1.22. The molecule has 0 heterocycles. The van der Waals surface area contributed by atoms with Crippen LogP contribution in [0, 0.1) is 13.8 Å². The van der Waals surface area contributed by atoms with Crippen LogP contribution in [0.25, 0.3) is 11.3 Å². The van der Waals surface area contributed by atoms with E-state index in [1.165, 1.54) is 27.5 Å². The lowest BCUT2D eigenvalue weighted by Crippen LogP contribution is -2.06. The van der Waals surface area contributed by atoms with Crippen molar-refractivity contribution in [1.29, 1.82) is 0 Å². The van der Waals surface area contributed by atoms with Gasteiger partial charge in [-0.05, 0) is 41.3 Å². The predicted molar refractivity (Wildman–Crippen MR) is 92.7 cm³/mol. The molecule has 0 aromatic heterocycles. The zero-order chi connectivity index (χ0) is 15.1. The van der Waals surface area contributed by atoms with Gasteiger partial charge in [-0.1, -0.05) is 54.6 Å². The Labute approximate surface area is 134 Å². The third kappa shape index (κ3) is 4.56. The van der Waals surface area contributed by atoms with Crippen LogP contribution in [0.4, 0.5) is 0 Å². The largest absolute Gasteiger partial charge is 0.410 e. The van der Waals surface area contributed by atoms with Gasteiger partial charge in [0.15, 0.2) is 0 Å². The SMILES string of the molecule is Cc1ccccc1C=C([Si]OCCCl)c1ccccc1C. The van der Waals surface area contributed by atoms with Gasteiger partial charge < -0.3 is 4.43 Å². The molecule has 21 heavy (non-hydrogen) atoms. The van der Waals surface area contributed by atoms with Crippen LogP contribution in [0.3, 0.4) is 0 Å². The molecule has 2 aromatic carbocycles. The van der Waals surface area contributed by atoms with Gasteiger partial charge in [0.1, 0.15) is 0 Å². The zero-order valence-corrected chi connectivity index (χ0v) is 14.2. The summed E-state index contributed by atoms with van der Waals surface area (Å²) < 4.78 is 5.69. The number of aryl methyl sites for hydroxylation is 2. The average Bonchev–Trinajstić information content (AvgIpc) is 2.49. The highest BCUT2D eigenvalue weighted by atomic mass is 35.5. The maximum atomic E-state index is 5.71. The van der Waals surface area contributed by atoms with Gasteiger partial charge in [0.05, 0.1) is 0 Å². The first-order valence-electron chi connectivity index (χ1n) is 6.99. The number of hydrogen-bond acceptors (Lipinski definition) is 1. The van der Waals surface area contributed by atoms with E-state index in [1.807, 2.05) is 0 Å². The number of alkyl halides is 1. The first-order chi connectivity index (χ1) is 10.2. The molecule has 0 saturated carbocycles. The van der Waals surface area contributed by atoms with Crippen molar-refractivity contribution < 1.29 is 4.43 Å². The standard InChI is InChI=1S/C18H19ClOSi/c1-14-7-3-5-9-16(14)13-18(21-20-12-11-19)17-10-6-4-8-15(17)2/h3-10,13H,11-12H2,1-2H3. The van der Waals surface area contributed by atoms with Gasteiger partial charge in [-0.3, -0.25) is 0 Å². The van der Waals surface area contributed by atoms with E-state index in [2.05, 4.69) is 68.5 Å². The molecule has 0 saturated heterocycles. The molecular weight excluding hydrogens is 296 g/mol. The molecule has 0 unspecified atom stereocenters. The van der Waals surface area contributed by atoms with Crippen molar-refractivity contribution in [1.82, 2.24) is 0 Å². The fourth-order valence-corrected chi connectivity index (χ4v) is 3.28. The zero-order valence-electron chi connectivity index (χ0n) is 12.4. The summed E-state index contributed by atoms with van der Waals surface area (Å²) in [6, 6.07) is 16.8. The molecule has 0 aliphatic rings.